The highest BCUT2D eigenvalue weighted by atomic mass is 35.5. The Labute approximate surface area is 136 Å². The van der Waals surface area contributed by atoms with Gasteiger partial charge in [0.05, 0.1) is 22.7 Å². The number of fused-ring (bicyclic) bond motifs is 1. The van der Waals surface area contributed by atoms with Crippen LogP contribution in [0.25, 0.3) is 11.0 Å². The average molecular weight is 322 g/mol. The van der Waals surface area contributed by atoms with E-state index in [2.05, 4.69) is 16.8 Å². The number of benzene rings is 1. The van der Waals surface area contributed by atoms with Crippen molar-refractivity contribution in [3.8, 4) is 0 Å². The van der Waals surface area contributed by atoms with Gasteiger partial charge in [-0.25, -0.2) is 4.98 Å². The summed E-state index contributed by atoms with van der Waals surface area (Å²) in [7, 11) is 2.02. The van der Waals surface area contributed by atoms with Gasteiger partial charge in [-0.2, -0.15) is 0 Å². The van der Waals surface area contributed by atoms with E-state index in [4.69, 9.17) is 16.6 Å². The van der Waals surface area contributed by atoms with E-state index in [1.165, 1.54) is 6.42 Å². The molecule has 0 bridgehead atoms. The molecule has 1 fully saturated rings. The molecule has 4 nitrogen and oxygen atoms in total. The molecule has 1 aromatic carbocycles. The number of aromatic nitrogens is 2. The van der Waals surface area contributed by atoms with E-state index in [0.717, 1.165) is 42.5 Å². The van der Waals surface area contributed by atoms with Gasteiger partial charge in [-0.3, -0.25) is 0 Å². The second-order valence-corrected chi connectivity index (χ2v) is 6.99. The largest absolute Gasteiger partial charge is 0.389 e. The van der Waals surface area contributed by atoms with Gasteiger partial charge in [0.15, 0.2) is 0 Å². The summed E-state index contributed by atoms with van der Waals surface area (Å²) in [6.45, 7) is 2.72. The number of hydrogen-bond acceptors (Lipinski definition) is 3. The molecule has 1 aliphatic carbocycles. The van der Waals surface area contributed by atoms with Crippen molar-refractivity contribution in [2.75, 3.05) is 6.54 Å². The zero-order chi connectivity index (χ0) is 15.7. The minimum absolute atomic E-state index is 0.0853. The predicted octanol–water partition coefficient (Wildman–Crippen LogP) is 3.57. The summed E-state index contributed by atoms with van der Waals surface area (Å²) in [5, 5.41) is 14.8. The highest BCUT2D eigenvalue weighted by Crippen LogP contribution is 2.28. The summed E-state index contributed by atoms with van der Waals surface area (Å²) in [5.74, 6) is 0.969. The normalized spacial score (nSPS) is 19.5. The monoisotopic (exact) mass is 321 g/mol. The minimum Gasteiger partial charge on any atom is -0.389 e. The molecule has 120 valence electrons. The predicted molar refractivity (Wildman–Crippen MR) is 90.2 cm³/mol. The fraction of sp³-hybridized carbons (Fsp3) is 0.588. The summed E-state index contributed by atoms with van der Waals surface area (Å²) < 4.78 is 2.09. The quantitative estimate of drug-likeness (QED) is 0.905. The first-order valence-electron chi connectivity index (χ1n) is 8.06. The molecule has 3 rings (SSSR count). The topological polar surface area (TPSA) is 50.1 Å². The number of aryl methyl sites for hydroxylation is 1. The van der Waals surface area contributed by atoms with Crippen molar-refractivity contribution in [2.45, 2.75) is 50.7 Å². The number of rotatable bonds is 4. The molecule has 0 amide bonds. The van der Waals surface area contributed by atoms with Crippen LogP contribution in [0, 0.1) is 0 Å². The maximum atomic E-state index is 10.6. The Bertz CT molecular complexity index is 661. The Balaban J connectivity index is 1.74. The lowest BCUT2D eigenvalue weighted by molar-refractivity contribution is 0.00277. The number of hydrogen-bond donors (Lipinski definition) is 2. The maximum Gasteiger partial charge on any atom is 0.126 e. The molecule has 5 heteroatoms. The SMILES string of the molecule is CC(NCC1(O)CCCCC1)c1nc2cc(Cl)ccc2n1C. The molecule has 0 aliphatic heterocycles. The zero-order valence-corrected chi connectivity index (χ0v) is 14.0. The van der Waals surface area contributed by atoms with Crippen molar-refractivity contribution in [3.63, 3.8) is 0 Å². The van der Waals surface area contributed by atoms with Gasteiger partial charge >= 0.3 is 0 Å². The Kier molecular flexibility index (Phi) is 4.44. The van der Waals surface area contributed by atoms with Gasteiger partial charge < -0.3 is 15.0 Å². The van der Waals surface area contributed by atoms with E-state index in [1.807, 2.05) is 25.2 Å². The standard InChI is InChI=1S/C17H24ClN3O/c1-12(19-11-17(22)8-4-3-5-9-17)16-20-14-10-13(18)6-7-15(14)21(16)2/h6-7,10,12,19,22H,3-5,8-9,11H2,1-2H3. The summed E-state index contributed by atoms with van der Waals surface area (Å²) in [5.41, 5.74) is 1.43. The molecule has 1 aliphatic rings. The first-order chi connectivity index (χ1) is 10.5. The lowest BCUT2D eigenvalue weighted by atomic mass is 9.85. The van der Waals surface area contributed by atoms with Gasteiger partial charge in [0.2, 0.25) is 0 Å². The van der Waals surface area contributed by atoms with Gasteiger partial charge in [-0.15, -0.1) is 0 Å². The van der Waals surface area contributed by atoms with Crippen LogP contribution >= 0.6 is 11.6 Å². The molecule has 1 unspecified atom stereocenters. The van der Waals surface area contributed by atoms with Crippen molar-refractivity contribution < 1.29 is 5.11 Å². The van der Waals surface area contributed by atoms with Crippen LogP contribution in [-0.4, -0.2) is 26.8 Å². The van der Waals surface area contributed by atoms with Gasteiger partial charge in [0.25, 0.3) is 0 Å². The Morgan fingerprint density at radius 2 is 2.09 bits per heavy atom. The molecule has 1 atom stereocenters. The summed E-state index contributed by atoms with van der Waals surface area (Å²) in [6.07, 6.45) is 5.27. The third kappa shape index (κ3) is 3.14. The molecule has 2 aromatic rings. The third-order valence-electron chi connectivity index (χ3n) is 4.79. The first-order valence-corrected chi connectivity index (χ1v) is 8.44. The lowest BCUT2D eigenvalue weighted by Gasteiger charge is -2.33. The number of imidazole rings is 1. The van der Waals surface area contributed by atoms with Crippen molar-refractivity contribution in [3.05, 3.63) is 29.0 Å². The highest BCUT2D eigenvalue weighted by Gasteiger charge is 2.29. The summed E-state index contributed by atoms with van der Waals surface area (Å²) in [6, 6.07) is 5.86. The van der Waals surface area contributed by atoms with Gasteiger partial charge in [-0.1, -0.05) is 30.9 Å². The Morgan fingerprint density at radius 3 is 2.82 bits per heavy atom. The van der Waals surface area contributed by atoms with Crippen LogP contribution in [0.3, 0.4) is 0 Å². The Morgan fingerprint density at radius 1 is 1.36 bits per heavy atom. The van der Waals surface area contributed by atoms with Crippen molar-refractivity contribution in [2.24, 2.45) is 7.05 Å². The number of nitrogens with zero attached hydrogens (tertiary/aromatic N) is 2. The molecule has 1 heterocycles. The van der Waals surface area contributed by atoms with Crippen LogP contribution in [-0.2, 0) is 7.05 Å². The first kappa shape index (κ1) is 15.8. The molecule has 1 saturated carbocycles. The van der Waals surface area contributed by atoms with Crippen LogP contribution in [0.2, 0.25) is 5.02 Å². The molecule has 0 saturated heterocycles. The fourth-order valence-corrected chi connectivity index (χ4v) is 3.57. The van der Waals surface area contributed by atoms with Crippen molar-refractivity contribution in [1.82, 2.24) is 14.9 Å². The van der Waals surface area contributed by atoms with Gasteiger partial charge in [-0.05, 0) is 38.0 Å². The number of halogens is 1. The fourth-order valence-electron chi connectivity index (χ4n) is 3.40. The van der Waals surface area contributed by atoms with Crippen molar-refractivity contribution in [1.29, 1.82) is 0 Å². The summed E-state index contributed by atoms with van der Waals surface area (Å²) >= 11 is 6.04. The van der Waals surface area contributed by atoms with Crippen LogP contribution in [0.4, 0.5) is 0 Å². The third-order valence-corrected chi connectivity index (χ3v) is 5.02. The molecule has 0 spiro atoms. The van der Waals surface area contributed by atoms with E-state index < -0.39 is 5.60 Å². The minimum atomic E-state index is -0.555. The average Bonchev–Trinajstić information content (AvgIpc) is 2.82. The smallest absolute Gasteiger partial charge is 0.126 e. The molecule has 1 aromatic heterocycles. The number of aliphatic hydroxyl groups is 1. The van der Waals surface area contributed by atoms with E-state index in [-0.39, 0.29) is 6.04 Å². The van der Waals surface area contributed by atoms with E-state index in [0.29, 0.717) is 11.6 Å². The van der Waals surface area contributed by atoms with Crippen molar-refractivity contribution >= 4 is 22.6 Å². The van der Waals surface area contributed by atoms with E-state index in [9.17, 15) is 5.11 Å². The molecular formula is C17H24ClN3O. The van der Waals surface area contributed by atoms with Crippen LogP contribution in [0.5, 0.6) is 0 Å². The van der Waals surface area contributed by atoms with Crippen LogP contribution < -0.4 is 5.32 Å². The van der Waals surface area contributed by atoms with Crippen LogP contribution in [0.15, 0.2) is 18.2 Å². The molecule has 0 radical (unpaired) electrons. The van der Waals surface area contributed by atoms with Gasteiger partial charge in [0, 0.05) is 18.6 Å². The second kappa shape index (κ2) is 6.19. The summed E-state index contributed by atoms with van der Waals surface area (Å²) in [4.78, 5) is 4.69. The lowest BCUT2D eigenvalue weighted by Crippen LogP contribution is -2.43. The van der Waals surface area contributed by atoms with Crippen LogP contribution in [0.1, 0.15) is 50.9 Å². The number of nitrogens with one attached hydrogen (secondary N) is 1. The molecular weight excluding hydrogens is 298 g/mol. The molecule has 2 N–H and O–H groups in total. The van der Waals surface area contributed by atoms with E-state index >= 15 is 0 Å². The second-order valence-electron chi connectivity index (χ2n) is 6.55. The van der Waals surface area contributed by atoms with Gasteiger partial charge in [0.1, 0.15) is 5.82 Å². The molecule has 22 heavy (non-hydrogen) atoms. The zero-order valence-electron chi connectivity index (χ0n) is 13.3. The van der Waals surface area contributed by atoms with E-state index in [1.54, 1.807) is 0 Å². The maximum absolute atomic E-state index is 10.6. The Hall–Kier alpha value is -1.10. The highest BCUT2D eigenvalue weighted by molar-refractivity contribution is 6.31.